The normalized spacial score (nSPS) is 22.0. The molecule has 0 spiro atoms. The maximum Gasteiger partial charge on any atom is 0.228 e. The van der Waals surface area contributed by atoms with E-state index in [4.69, 9.17) is 4.74 Å². The number of likely N-dealkylation sites (N-methyl/N-ethyl adjacent to an activating group) is 1. The van der Waals surface area contributed by atoms with Gasteiger partial charge in [0.15, 0.2) is 0 Å². The van der Waals surface area contributed by atoms with Crippen LogP contribution in [0.3, 0.4) is 0 Å². The van der Waals surface area contributed by atoms with E-state index in [2.05, 4.69) is 14.9 Å². The number of carbonyl (C=O) groups excluding carboxylic acids is 1. The van der Waals surface area contributed by atoms with Crippen molar-refractivity contribution in [2.45, 2.75) is 31.7 Å². The van der Waals surface area contributed by atoms with Crippen molar-refractivity contribution in [3.8, 4) is 5.88 Å². The van der Waals surface area contributed by atoms with Crippen molar-refractivity contribution >= 4 is 11.9 Å². The summed E-state index contributed by atoms with van der Waals surface area (Å²) in [5.41, 5.74) is 0. The summed E-state index contributed by atoms with van der Waals surface area (Å²) in [6.07, 6.45) is 5.92. The van der Waals surface area contributed by atoms with E-state index in [1.807, 2.05) is 11.9 Å². The van der Waals surface area contributed by atoms with Gasteiger partial charge in [-0.25, -0.2) is 4.98 Å². The number of ether oxygens (including phenoxy) is 1. The Morgan fingerprint density at radius 3 is 2.95 bits per heavy atom. The monoisotopic (exact) mass is 290 g/mol. The van der Waals surface area contributed by atoms with Gasteiger partial charge >= 0.3 is 0 Å². The number of hydrogen-bond donors (Lipinski definition) is 0. The predicted molar refractivity (Wildman–Crippen MR) is 79.3 cm³/mol. The van der Waals surface area contributed by atoms with Crippen molar-refractivity contribution in [1.29, 1.82) is 0 Å². The molecule has 2 heterocycles. The molecule has 6 heteroatoms. The Labute approximate surface area is 125 Å². The molecule has 3 rings (SSSR count). The third-order valence-electron chi connectivity index (χ3n) is 4.33. The molecule has 1 aromatic rings. The molecule has 1 saturated carbocycles. The summed E-state index contributed by atoms with van der Waals surface area (Å²) in [7, 11) is 3.54. The van der Waals surface area contributed by atoms with Gasteiger partial charge in [-0.1, -0.05) is 0 Å². The Hall–Kier alpha value is -1.85. The van der Waals surface area contributed by atoms with Gasteiger partial charge < -0.3 is 14.5 Å². The minimum atomic E-state index is 0.252. The van der Waals surface area contributed by atoms with Crippen LogP contribution in [-0.2, 0) is 4.79 Å². The van der Waals surface area contributed by atoms with E-state index >= 15 is 0 Å². The van der Waals surface area contributed by atoms with Crippen molar-refractivity contribution < 1.29 is 9.53 Å². The lowest BCUT2D eigenvalue weighted by Crippen LogP contribution is -2.49. The van der Waals surface area contributed by atoms with Crippen LogP contribution in [0.1, 0.15) is 25.7 Å². The van der Waals surface area contributed by atoms with Gasteiger partial charge in [0.2, 0.25) is 17.7 Å². The van der Waals surface area contributed by atoms with Crippen LogP contribution < -0.4 is 9.64 Å². The second kappa shape index (κ2) is 5.87. The first-order valence-corrected chi connectivity index (χ1v) is 7.57. The fraction of sp³-hybridized carbons (Fsp3) is 0.667. The zero-order valence-corrected chi connectivity index (χ0v) is 12.7. The minimum absolute atomic E-state index is 0.252. The minimum Gasteiger partial charge on any atom is -0.481 e. The maximum atomic E-state index is 12.2. The van der Waals surface area contributed by atoms with Crippen molar-refractivity contribution in [3.63, 3.8) is 0 Å². The van der Waals surface area contributed by atoms with Gasteiger partial charge in [0.1, 0.15) is 0 Å². The molecule has 1 aromatic heterocycles. The average molecular weight is 290 g/mol. The van der Waals surface area contributed by atoms with Gasteiger partial charge in [0.25, 0.3) is 0 Å². The van der Waals surface area contributed by atoms with Gasteiger partial charge in [0.05, 0.1) is 7.11 Å². The summed E-state index contributed by atoms with van der Waals surface area (Å²) in [5.74, 6) is 1.84. The third-order valence-corrected chi connectivity index (χ3v) is 4.33. The lowest BCUT2D eigenvalue weighted by Gasteiger charge is -2.37. The molecule has 1 saturated heterocycles. The highest BCUT2D eigenvalue weighted by Gasteiger charge is 2.36. The molecule has 114 valence electrons. The number of amides is 1. The van der Waals surface area contributed by atoms with Gasteiger partial charge in [-0.15, -0.1) is 0 Å². The zero-order chi connectivity index (χ0) is 14.8. The van der Waals surface area contributed by atoms with Gasteiger partial charge in [-0.2, -0.15) is 4.98 Å². The van der Waals surface area contributed by atoms with Crippen LogP contribution in [0.15, 0.2) is 12.3 Å². The van der Waals surface area contributed by atoms with Crippen LogP contribution in [0.25, 0.3) is 0 Å². The second-order valence-corrected chi connectivity index (χ2v) is 5.86. The molecule has 1 aliphatic carbocycles. The first-order valence-electron chi connectivity index (χ1n) is 7.57. The molecule has 6 nitrogen and oxygen atoms in total. The number of carbonyl (C=O) groups is 1. The highest BCUT2D eigenvalue weighted by molar-refractivity contribution is 5.81. The molecule has 0 aromatic carbocycles. The second-order valence-electron chi connectivity index (χ2n) is 5.86. The lowest BCUT2D eigenvalue weighted by atomic mass is 10.0. The van der Waals surface area contributed by atoms with Crippen LogP contribution in [0, 0.1) is 5.92 Å². The molecule has 21 heavy (non-hydrogen) atoms. The zero-order valence-electron chi connectivity index (χ0n) is 12.7. The van der Waals surface area contributed by atoms with E-state index in [9.17, 15) is 4.79 Å². The van der Waals surface area contributed by atoms with Crippen LogP contribution in [-0.4, -0.2) is 54.1 Å². The first kappa shape index (κ1) is 14.1. The smallest absolute Gasteiger partial charge is 0.228 e. The molecule has 2 aliphatic rings. The van der Waals surface area contributed by atoms with Crippen LogP contribution >= 0.6 is 0 Å². The summed E-state index contributed by atoms with van der Waals surface area (Å²) in [4.78, 5) is 25.0. The Balaban J connectivity index is 1.68. The number of aromatic nitrogens is 2. The number of nitrogens with zero attached hydrogens (tertiary/aromatic N) is 4. The maximum absolute atomic E-state index is 12.2. The van der Waals surface area contributed by atoms with Crippen molar-refractivity contribution in [1.82, 2.24) is 14.9 Å². The molecule has 1 aliphatic heterocycles. The highest BCUT2D eigenvalue weighted by Crippen LogP contribution is 2.32. The topological polar surface area (TPSA) is 58.6 Å². The average Bonchev–Trinajstić information content (AvgIpc) is 3.38. The van der Waals surface area contributed by atoms with E-state index in [0.717, 1.165) is 38.8 Å². The quantitative estimate of drug-likeness (QED) is 0.837. The molecule has 0 N–H and O–H groups in total. The Morgan fingerprint density at radius 2 is 2.24 bits per heavy atom. The van der Waals surface area contributed by atoms with Gasteiger partial charge in [-0.3, -0.25) is 4.79 Å². The predicted octanol–water partition coefficient (Wildman–Crippen LogP) is 1.32. The lowest BCUT2D eigenvalue weighted by molar-refractivity contribution is -0.133. The van der Waals surface area contributed by atoms with E-state index in [1.165, 1.54) is 0 Å². The third kappa shape index (κ3) is 3.09. The van der Waals surface area contributed by atoms with E-state index in [-0.39, 0.29) is 12.0 Å². The van der Waals surface area contributed by atoms with E-state index in [1.54, 1.807) is 19.4 Å². The van der Waals surface area contributed by atoms with Crippen molar-refractivity contribution in [3.05, 3.63) is 12.3 Å². The number of hydrogen-bond acceptors (Lipinski definition) is 5. The molecule has 1 atom stereocenters. The van der Waals surface area contributed by atoms with E-state index < -0.39 is 0 Å². The van der Waals surface area contributed by atoms with Crippen LogP contribution in [0.4, 0.5) is 5.95 Å². The molecular formula is C15H22N4O2. The van der Waals surface area contributed by atoms with Crippen LogP contribution in [0.5, 0.6) is 5.88 Å². The Morgan fingerprint density at radius 1 is 1.43 bits per heavy atom. The Bertz CT molecular complexity index is 518. The SMILES string of the molecule is COc1ccnc(N2CCCC(N(C)C(=O)C3CC3)C2)n1. The first-order chi connectivity index (χ1) is 10.2. The van der Waals surface area contributed by atoms with Crippen LogP contribution in [0.2, 0.25) is 0 Å². The molecule has 1 unspecified atom stereocenters. The number of anilines is 1. The summed E-state index contributed by atoms with van der Waals surface area (Å²) in [5, 5.41) is 0. The standard InChI is InChI=1S/C15H22N4O2/c1-18(14(20)11-5-6-11)12-4-3-9-19(10-12)15-16-8-7-13(17-15)21-2/h7-8,11-12H,3-6,9-10H2,1-2H3. The molecule has 0 radical (unpaired) electrons. The number of rotatable bonds is 4. The van der Waals surface area contributed by atoms with E-state index in [0.29, 0.717) is 17.7 Å². The summed E-state index contributed by atoms with van der Waals surface area (Å²) >= 11 is 0. The summed E-state index contributed by atoms with van der Waals surface area (Å²) in [6, 6.07) is 2.00. The van der Waals surface area contributed by atoms with Gasteiger partial charge in [-0.05, 0) is 25.7 Å². The molecular weight excluding hydrogens is 268 g/mol. The molecule has 1 amide bonds. The summed E-state index contributed by atoms with van der Waals surface area (Å²) < 4.78 is 5.16. The molecule has 0 bridgehead atoms. The Kier molecular flexibility index (Phi) is 3.94. The molecule has 2 fully saturated rings. The largest absolute Gasteiger partial charge is 0.481 e. The van der Waals surface area contributed by atoms with Crippen molar-refractivity contribution in [2.75, 3.05) is 32.1 Å². The number of piperidine rings is 1. The fourth-order valence-electron chi connectivity index (χ4n) is 2.85. The highest BCUT2D eigenvalue weighted by atomic mass is 16.5. The van der Waals surface area contributed by atoms with Crippen molar-refractivity contribution in [2.24, 2.45) is 5.92 Å². The fourth-order valence-corrected chi connectivity index (χ4v) is 2.85. The number of methoxy groups -OCH3 is 1. The van der Waals surface area contributed by atoms with Gasteiger partial charge in [0, 0.05) is 44.4 Å². The summed E-state index contributed by atoms with van der Waals surface area (Å²) in [6.45, 7) is 1.72.